The average molecular weight is 401 g/mol. The number of carbonyl (C=O) groups is 1. The fraction of sp³-hybridized carbons (Fsp3) is 0.158. The minimum Gasteiger partial charge on any atom is -0.497 e. The largest absolute Gasteiger partial charge is 0.497 e. The first kappa shape index (κ1) is 17.2. The molecule has 2 aromatic carbocycles. The number of fused-ring (bicyclic) bond motifs is 1. The number of nitrogens with zero attached hydrogens (tertiary/aromatic N) is 1. The zero-order valence-electron chi connectivity index (χ0n) is 13.7. The lowest BCUT2D eigenvalue weighted by atomic mass is 10.2. The second-order valence-electron chi connectivity index (χ2n) is 5.59. The molecule has 0 atom stereocenters. The lowest BCUT2D eigenvalue weighted by molar-refractivity contribution is -0.121. The highest BCUT2D eigenvalue weighted by Crippen LogP contribution is 2.17. The molecule has 0 bridgehead atoms. The Morgan fingerprint density at radius 2 is 1.92 bits per heavy atom. The third-order valence-electron chi connectivity index (χ3n) is 3.90. The van der Waals surface area contributed by atoms with E-state index >= 15 is 0 Å². The van der Waals surface area contributed by atoms with Crippen molar-refractivity contribution in [2.45, 2.75) is 13.1 Å². The fourth-order valence-electron chi connectivity index (χ4n) is 2.57. The van der Waals surface area contributed by atoms with E-state index in [1.165, 1.54) is 6.07 Å². The molecule has 0 aliphatic carbocycles. The summed E-state index contributed by atoms with van der Waals surface area (Å²) in [5.74, 6) is 0.654. The predicted octanol–water partition coefficient (Wildman–Crippen LogP) is 3.09. The third kappa shape index (κ3) is 4.09. The van der Waals surface area contributed by atoms with E-state index < -0.39 is 0 Å². The molecular weight excluding hydrogens is 384 g/mol. The van der Waals surface area contributed by atoms with E-state index in [1.807, 2.05) is 36.4 Å². The molecule has 0 radical (unpaired) electrons. The summed E-state index contributed by atoms with van der Waals surface area (Å²) in [6, 6.07) is 14.4. The van der Waals surface area contributed by atoms with E-state index in [9.17, 15) is 9.59 Å². The molecule has 0 aliphatic heterocycles. The van der Waals surface area contributed by atoms with E-state index in [2.05, 4.69) is 21.2 Å². The van der Waals surface area contributed by atoms with Gasteiger partial charge < -0.3 is 14.6 Å². The second kappa shape index (κ2) is 7.53. The summed E-state index contributed by atoms with van der Waals surface area (Å²) >= 11 is 3.40. The lowest BCUT2D eigenvalue weighted by Gasteiger charge is -2.11. The Morgan fingerprint density at radius 3 is 2.64 bits per heavy atom. The van der Waals surface area contributed by atoms with Gasteiger partial charge in [-0.1, -0.05) is 28.1 Å². The van der Waals surface area contributed by atoms with Crippen LogP contribution < -0.4 is 15.5 Å². The van der Waals surface area contributed by atoms with Crippen LogP contribution in [0.3, 0.4) is 0 Å². The molecule has 1 heterocycles. The molecular formula is C19H17BrN2O3. The van der Waals surface area contributed by atoms with Gasteiger partial charge in [-0.05, 0) is 35.9 Å². The zero-order valence-corrected chi connectivity index (χ0v) is 15.2. The molecule has 0 spiro atoms. The number of rotatable bonds is 5. The van der Waals surface area contributed by atoms with Crippen LogP contribution in [0.15, 0.2) is 64.0 Å². The van der Waals surface area contributed by atoms with Gasteiger partial charge in [-0.2, -0.15) is 0 Å². The van der Waals surface area contributed by atoms with Crippen LogP contribution in [0.1, 0.15) is 5.56 Å². The number of amides is 1. The van der Waals surface area contributed by atoms with Gasteiger partial charge >= 0.3 is 0 Å². The highest BCUT2D eigenvalue weighted by Gasteiger charge is 2.08. The van der Waals surface area contributed by atoms with E-state index in [4.69, 9.17) is 4.74 Å². The zero-order chi connectivity index (χ0) is 17.8. The van der Waals surface area contributed by atoms with Gasteiger partial charge in [-0.15, -0.1) is 0 Å². The molecule has 1 aromatic heterocycles. The van der Waals surface area contributed by atoms with E-state index in [0.717, 1.165) is 21.3 Å². The summed E-state index contributed by atoms with van der Waals surface area (Å²) in [6.45, 7) is 0.577. The van der Waals surface area contributed by atoms with Crippen molar-refractivity contribution >= 4 is 32.7 Å². The second-order valence-corrected chi connectivity index (χ2v) is 6.51. The average Bonchev–Trinajstić information content (AvgIpc) is 2.63. The number of hydrogen-bond donors (Lipinski definition) is 1. The van der Waals surface area contributed by atoms with Gasteiger partial charge in [0.05, 0.1) is 12.6 Å². The molecule has 0 fully saturated rings. The smallest absolute Gasteiger partial charge is 0.240 e. The number of carbonyl (C=O) groups excluding carboxylic acids is 1. The molecule has 1 N–H and O–H groups in total. The number of nitrogens with one attached hydrogen (secondary N) is 1. The quantitative estimate of drug-likeness (QED) is 0.715. The van der Waals surface area contributed by atoms with Crippen molar-refractivity contribution in [3.8, 4) is 5.75 Å². The van der Waals surface area contributed by atoms with Crippen molar-refractivity contribution in [3.63, 3.8) is 0 Å². The van der Waals surface area contributed by atoms with Crippen molar-refractivity contribution in [2.75, 3.05) is 7.11 Å². The van der Waals surface area contributed by atoms with Gasteiger partial charge in [0.15, 0.2) is 5.43 Å². The highest BCUT2D eigenvalue weighted by atomic mass is 79.9. The van der Waals surface area contributed by atoms with Gasteiger partial charge in [0.25, 0.3) is 0 Å². The van der Waals surface area contributed by atoms with Crippen molar-refractivity contribution in [2.24, 2.45) is 0 Å². The Bertz CT molecular complexity index is 965. The minimum absolute atomic E-state index is 0.0580. The van der Waals surface area contributed by atoms with Crippen LogP contribution in [0.4, 0.5) is 0 Å². The summed E-state index contributed by atoms with van der Waals surface area (Å²) in [5, 5.41) is 3.48. The Morgan fingerprint density at radius 1 is 1.16 bits per heavy atom. The summed E-state index contributed by atoms with van der Waals surface area (Å²) in [7, 11) is 1.61. The molecule has 3 aromatic rings. The van der Waals surface area contributed by atoms with E-state index in [1.54, 1.807) is 23.9 Å². The standard InChI is InChI=1S/C19H17BrN2O3/c1-25-15-5-2-13(3-6-15)11-21-19(24)12-22-9-8-18(23)16-7-4-14(20)10-17(16)22/h2-10H,11-12H2,1H3,(H,21,24). The normalized spacial score (nSPS) is 10.6. The molecule has 3 rings (SSSR count). The first-order valence-electron chi connectivity index (χ1n) is 7.75. The monoisotopic (exact) mass is 400 g/mol. The number of methoxy groups -OCH3 is 1. The fourth-order valence-corrected chi connectivity index (χ4v) is 2.92. The van der Waals surface area contributed by atoms with Gasteiger partial charge in [0.2, 0.25) is 5.91 Å². The van der Waals surface area contributed by atoms with E-state index in [0.29, 0.717) is 11.9 Å². The molecule has 0 unspecified atom stereocenters. The molecule has 1 amide bonds. The summed E-state index contributed by atoms with van der Waals surface area (Å²) in [6.07, 6.45) is 1.64. The van der Waals surface area contributed by atoms with Crippen LogP contribution in [-0.2, 0) is 17.9 Å². The maximum atomic E-state index is 12.3. The highest BCUT2D eigenvalue weighted by molar-refractivity contribution is 9.10. The Balaban J connectivity index is 1.72. The summed E-state index contributed by atoms with van der Waals surface area (Å²) in [4.78, 5) is 24.2. The summed E-state index contributed by atoms with van der Waals surface area (Å²) in [5.41, 5.74) is 1.65. The molecule has 5 nitrogen and oxygen atoms in total. The molecule has 6 heteroatoms. The van der Waals surface area contributed by atoms with Gasteiger partial charge in [-0.25, -0.2) is 0 Å². The Hall–Kier alpha value is -2.60. The predicted molar refractivity (Wildman–Crippen MR) is 101 cm³/mol. The summed E-state index contributed by atoms with van der Waals surface area (Å²) < 4.78 is 7.74. The maximum Gasteiger partial charge on any atom is 0.240 e. The first-order valence-corrected chi connectivity index (χ1v) is 8.54. The van der Waals surface area contributed by atoms with Crippen molar-refractivity contribution < 1.29 is 9.53 Å². The van der Waals surface area contributed by atoms with Crippen molar-refractivity contribution in [3.05, 3.63) is 75.0 Å². The minimum atomic E-state index is -0.124. The van der Waals surface area contributed by atoms with Crippen LogP contribution in [0, 0.1) is 0 Å². The van der Waals surface area contributed by atoms with Crippen LogP contribution >= 0.6 is 15.9 Å². The lowest BCUT2D eigenvalue weighted by Crippen LogP contribution is -2.27. The molecule has 25 heavy (non-hydrogen) atoms. The maximum absolute atomic E-state index is 12.3. The van der Waals surface area contributed by atoms with Gasteiger partial charge in [0.1, 0.15) is 12.3 Å². The van der Waals surface area contributed by atoms with Gasteiger partial charge in [0, 0.05) is 28.7 Å². The number of hydrogen-bond acceptors (Lipinski definition) is 3. The van der Waals surface area contributed by atoms with E-state index in [-0.39, 0.29) is 17.9 Å². The SMILES string of the molecule is COc1ccc(CNC(=O)Cn2ccc(=O)c3ccc(Br)cc32)cc1. The van der Waals surface area contributed by atoms with Crippen LogP contribution in [0.2, 0.25) is 0 Å². The van der Waals surface area contributed by atoms with Crippen LogP contribution in [-0.4, -0.2) is 17.6 Å². The van der Waals surface area contributed by atoms with Crippen LogP contribution in [0.25, 0.3) is 10.9 Å². The Labute approximate surface area is 153 Å². The molecule has 128 valence electrons. The third-order valence-corrected chi connectivity index (χ3v) is 4.40. The number of halogens is 1. The molecule has 0 saturated carbocycles. The molecule has 0 aliphatic rings. The molecule has 0 saturated heterocycles. The Kier molecular flexibility index (Phi) is 5.19. The van der Waals surface area contributed by atoms with Crippen LogP contribution in [0.5, 0.6) is 5.75 Å². The first-order chi connectivity index (χ1) is 12.1. The van der Waals surface area contributed by atoms with Gasteiger partial charge in [-0.3, -0.25) is 9.59 Å². The van der Waals surface area contributed by atoms with Crippen molar-refractivity contribution in [1.29, 1.82) is 0 Å². The number of benzene rings is 2. The number of aromatic nitrogens is 1. The van der Waals surface area contributed by atoms with Crippen molar-refractivity contribution in [1.82, 2.24) is 9.88 Å². The topological polar surface area (TPSA) is 60.3 Å². The number of pyridine rings is 1. The number of ether oxygens (including phenoxy) is 1.